The molecule has 1 amide bonds. The number of fused-ring (bicyclic) bond motifs is 1. The average molecular weight is 438 g/mol. The highest BCUT2D eigenvalue weighted by Gasteiger charge is 2.14. The Bertz CT molecular complexity index is 984. The van der Waals surface area contributed by atoms with Crippen LogP contribution < -0.4 is 10.2 Å². The van der Waals surface area contributed by atoms with Crippen molar-refractivity contribution in [3.8, 4) is 10.4 Å². The Morgan fingerprint density at radius 3 is 2.77 bits per heavy atom. The normalized spacial score (nSPS) is 14.2. The number of hydrogen-bond donors (Lipinski definition) is 1. The van der Waals surface area contributed by atoms with E-state index in [4.69, 9.17) is 0 Å². The van der Waals surface area contributed by atoms with Crippen LogP contribution in [-0.4, -0.2) is 60.5 Å². The van der Waals surface area contributed by atoms with Crippen molar-refractivity contribution < 1.29 is 4.79 Å². The van der Waals surface area contributed by atoms with Gasteiger partial charge in [-0.1, -0.05) is 30.3 Å². The Labute approximate surface area is 188 Å². The average Bonchev–Trinajstić information content (AvgIpc) is 3.47. The molecule has 1 fully saturated rings. The van der Waals surface area contributed by atoms with Gasteiger partial charge in [0.2, 0.25) is 5.91 Å². The molecule has 0 radical (unpaired) electrons. The fourth-order valence-corrected chi connectivity index (χ4v) is 5.05. The number of benzene rings is 1. The SMILES string of the molecule is CN(CCC(=O)NCCCCN1CCCC1)c1ncnc2sc(-c3ccccc3)cc12. The molecular formula is C24H31N5OS. The molecule has 164 valence electrons. The van der Waals surface area contributed by atoms with Gasteiger partial charge in [-0.3, -0.25) is 4.79 Å². The molecule has 0 spiro atoms. The molecule has 0 atom stereocenters. The van der Waals surface area contributed by atoms with Crippen LogP contribution in [0.4, 0.5) is 5.82 Å². The molecule has 2 aromatic heterocycles. The summed E-state index contributed by atoms with van der Waals surface area (Å²) in [6.07, 6.45) is 6.94. The third-order valence-electron chi connectivity index (χ3n) is 5.82. The molecule has 0 aliphatic carbocycles. The van der Waals surface area contributed by atoms with Crippen molar-refractivity contribution in [1.82, 2.24) is 20.2 Å². The molecule has 0 bridgehead atoms. The van der Waals surface area contributed by atoms with Gasteiger partial charge < -0.3 is 15.1 Å². The summed E-state index contributed by atoms with van der Waals surface area (Å²) in [5.74, 6) is 0.982. The monoisotopic (exact) mass is 437 g/mol. The van der Waals surface area contributed by atoms with E-state index in [-0.39, 0.29) is 5.91 Å². The third-order valence-corrected chi connectivity index (χ3v) is 6.92. The Balaban J connectivity index is 1.26. The smallest absolute Gasteiger partial charge is 0.221 e. The molecule has 1 saturated heterocycles. The van der Waals surface area contributed by atoms with Crippen LogP contribution in [0.3, 0.4) is 0 Å². The summed E-state index contributed by atoms with van der Waals surface area (Å²) in [4.78, 5) is 27.9. The molecular weight excluding hydrogens is 406 g/mol. The second-order valence-electron chi connectivity index (χ2n) is 8.17. The molecule has 3 heterocycles. The van der Waals surface area contributed by atoms with Gasteiger partial charge in [-0.25, -0.2) is 9.97 Å². The van der Waals surface area contributed by atoms with Gasteiger partial charge in [0.25, 0.3) is 0 Å². The summed E-state index contributed by atoms with van der Waals surface area (Å²) in [6, 6.07) is 12.5. The number of anilines is 1. The number of nitrogens with zero attached hydrogens (tertiary/aromatic N) is 4. The van der Waals surface area contributed by atoms with E-state index >= 15 is 0 Å². The molecule has 6 nitrogen and oxygen atoms in total. The number of amides is 1. The minimum atomic E-state index is 0.105. The highest BCUT2D eigenvalue weighted by atomic mass is 32.1. The van der Waals surface area contributed by atoms with E-state index in [2.05, 4.69) is 43.3 Å². The fraction of sp³-hybridized carbons (Fsp3) is 0.458. The Hall–Kier alpha value is -2.51. The Morgan fingerprint density at radius 1 is 1.16 bits per heavy atom. The van der Waals surface area contributed by atoms with Crippen LogP contribution in [-0.2, 0) is 4.79 Å². The van der Waals surface area contributed by atoms with Crippen LogP contribution in [0.25, 0.3) is 20.7 Å². The summed E-state index contributed by atoms with van der Waals surface area (Å²) in [5.41, 5.74) is 1.18. The van der Waals surface area contributed by atoms with Crippen LogP contribution >= 0.6 is 11.3 Å². The predicted molar refractivity (Wildman–Crippen MR) is 129 cm³/mol. The largest absolute Gasteiger partial charge is 0.359 e. The minimum absolute atomic E-state index is 0.105. The van der Waals surface area contributed by atoms with Gasteiger partial charge in [0.05, 0.1) is 5.39 Å². The number of hydrogen-bond acceptors (Lipinski definition) is 6. The van der Waals surface area contributed by atoms with Crippen molar-refractivity contribution in [2.45, 2.75) is 32.1 Å². The molecule has 1 aliphatic rings. The topological polar surface area (TPSA) is 61.4 Å². The van der Waals surface area contributed by atoms with Crippen LogP contribution in [0.5, 0.6) is 0 Å². The number of thiophene rings is 1. The summed E-state index contributed by atoms with van der Waals surface area (Å²) in [7, 11) is 1.99. The number of carbonyl (C=O) groups is 1. The highest BCUT2D eigenvalue weighted by molar-refractivity contribution is 7.21. The van der Waals surface area contributed by atoms with Gasteiger partial charge in [-0.2, -0.15) is 0 Å². The van der Waals surface area contributed by atoms with Crippen LogP contribution in [0.15, 0.2) is 42.7 Å². The lowest BCUT2D eigenvalue weighted by molar-refractivity contribution is -0.120. The second kappa shape index (κ2) is 10.7. The lowest BCUT2D eigenvalue weighted by Gasteiger charge is -2.18. The van der Waals surface area contributed by atoms with Gasteiger partial charge in [-0.15, -0.1) is 11.3 Å². The van der Waals surface area contributed by atoms with Gasteiger partial charge in [0.15, 0.2) is 0 Å². The first-order chi connectivity index (χ1) is 15.2. The molecule has 4 rings (SSSR count). The van der Waals surface area contributed by atoms with Gasteiger partial charge in [0, 0.05) is 31.4 Å². The number of likely N-dealkylation sites (tertiary alicyclic amines) is 1. The molecule has 1 aliphatic heterocycles. The minimum Gasteiger partial charge on any atom is -0.359 e. The quantitative estimate of drug-likeness (QED) is 0.482. The number of rotatable bonds is 10. The van der Waals surface area contributed by atoms with Crippen molar-refractivity contribution in [1.29, 1.82) is 0 Å². The molecule has 7 heteroatoms. The summed E-state index contributed by atoms with van der Waals surface area (Å²) in [6.45, 7) is 5.03. The van der Waals surface area contributed by atoms with Crippen LogP contribution in [0.2, 0.25) is 0 Å². The van der Waals surface area contributed by atoms with E-state index in [0.717, 1.165) is 42.0 Å². The summed E-state index contributed by atoms with van der Waals surface area (Å²) < 4.78 is 0. The van der Waals surface area contributed by atoms with Gasteiger partial charge >= 0.3 is 0 Å². The molecule has 3 aromatic rings. The highest BCUT2D eigenvalue weighted by Crippen LogP contribution is 2.35. The van der Waals surface area contributed by atoms with Crippen molar-refractivity contribution in [2.24, 2.45) is 0 Å². The third kappa shape index (κ3) is 5.80. The molecule has 0 saturated carbocycles. The maximum absolute atomic E-state index is 12.3. The van der Waals surface area contributed by atoms with Crippen molar-refractivity contribution in [3.63, 3.8) is 0 Å². The van der Waals surface area contributed by atoms with Crippen LogP contribution in [0.1, 0.15) is 32.1 Å². The lowest BCUT2D eigenvalue weighted by atomic mass is 10.2. The molecule has 1 N–H and O–H groups in total. The predicted octanol–water partition coefficient (Wildman–Crippen LogP) is 4.18. The van der Waals surface area contributed by atoms with Crippen molar-refractivity contribution in [3.05, 3.63) is 42.7 Å². The van der Waals surface area contributed by atoms with E-state index in [0.29, 0.717) is 13.0 Å². The zero-order valence-electron chi connectivity index (χ0n) is 18.2. The number of nitrogens with one attached hydrogen (secondary N) is 1. The van der Waals surface area contributed by atoms with E-state index in [1.807, 2.05) is 25.2 Å². The van der Waals surface area contributed by atoms with Crippen molar-refractivity contribution >= 4 is 33.3 Å². The first-order valence-corrected chi connectivity index (χ1v) is 12.0. The Morgan fingerprint density at radius 2 is 1.97 bits per heavy atom. The number of aromatic nitrogens is 2. The molecule has 1 aromatic carbocycles. The van der Waals surface area contributed by atoms with E-state index in [1.165, 1.54) is 36.4 Å². The fourth-order valence-electron chi connectivity index (χ4n) is 4.05. The van der Waals surface area contributed by atoms with Crippen molar-refractivity contribution in [2.75, 3.05) is 44.7 Å². The summed E-state index contributed by atoms with van der Waals surface area (Å²) >= 11 is 1.67. The number of carbonyl (C=O) groups excluding carboxylic acids is 1. The zero-order valence-corrected chi connectivity index (χ0v) is 19.0. The van der Waals surface area contributed by atoms with Crippen LogP contribution in [0, 0.1) is 0 Å². The maximum atomic E-state index is 12.3. The maximum Gasteiger partial charge on any atom is 0.221 e. The second-order valence-corrected chi connectivity index (χ2v) is 9.20. The van der Waals surface area contributed by atoms with Gasteiger partial charge in [-0.05, 0) is 56.9 Å². The summed E-state index contributed by atoms with van der Waals surface area (Å²) in [5, 5.41) is 4.10. The van der Waals surface area contributed by atoms with E-state index in [9.17, 15) is 4.79 Å². The molecule has 31 heavy (non-hydrogen) atoms. The standard InChI is InChI=1S/C24H31N5OS/c1-28(16-11-22(30)25-12-5-6-13-29-14-7-8-15-29)23-20-17-21(19-9-3-2-4-10-19)31-24(20)27-18-26-23/h2-4,9-10,17-18H,5-8,11-16H2,1H3,(H,25,30). The first kappa shape index (κ1) is 21.7. The van der Waals surface area contributed by atoms with E-state index in [1.54, 1.807) is 17.7 Å². The number of unbranched alkanes of at least 4 members (excludes halogenated alkanes) is 1. The zero-order chi connectivity index (χ0) is 21.5. The lowest BCUT2D eigenvalue weighted by Crippen LogP contribution is -2.30. The van der Waals surface area contributed by atoms with E-state index < -0.39 is 0 Å². The first-order valence-electron chi connectivity index (χ1n) is 11.2. The molecule has 0 unspecified atom stereocenters. The van der Waals surface area contributed by atoms with Gasteiger partial charge in [0.1, 0.15) is 17.0 Å². The Kier molecular flexibility index (Phi) is 7.48.